The van der Waals surface area contributed by atoms with Crippen LogP contribution in [0.15, 0.2) is 23.3 Å². The zero-order valence-corrected chi connectivity index (χ0v) is 17.2. The third-order valence-corrected chi connectivity index (χ3v) is 6.73. The van der Waals surface area contributed by atoms with E-state index in [0.717, 1.165) is 49.1 Å². The van der Waals surface area contributed by atoms with Crippen molar-refractivity contribution in [1.82, 2.24) is 5.01 Å². The van der Waals surface area contributed by atoms with Crippen molar-refractivity contribution in [3.63, 3.8) is 0 Å². The molecule has 0 radical (unpaired) electrons. The molecule has 2 fully saturated rings. The first-order valence-electron chi connectivity index (χ1n) is 10.9. The lowest BCUT2D eigenvalue weighted by Gasteiger charge is -2.41. The largest absolute Gasteiger partial charge is 0.493 e. The zero-order valence-electron chi connectivity index (χ0n) is 17.2. The molecule has 1 amide bonds. The molecule has 1 aliphatic heterocycles. The van der Waals surface area contributed by atoms with Gasteiger partial charge >= 0.3 is 0 Å². The second kappa shape index (κ2) is 8.54. The second-order valence-electron chi connectivity index (χ2n) is 8.38. The average Bonchev–Trinajstić information content (AvgIpc) is 3.03. The molecule has 2 saturated carbocycles. The highest BCUT2D eigenvalue weighted by atomic mass is 16.5. The summed E-state index contributed by atoms with van der Waals surface area (Å²) in [5, 5.41) is 6.90. The molecule has 2 atom stereocenters. The summed E-state index contributed by atoms with van der Waals surface area (Å²) in [6.45, 7) is 0. The first-order chi connectivity index (χ1) is 13.7. The van der Waals surface area contributed by atoms with Crippen LogP contribution in [0.5, 0.6) is 11.5 Å². The molecule has 5 heteroatoms. The maximum absolute atomic E-state index is 13.3. The zero-order chi connectivity index (χ0) is 19.5. The first kappa shape index (κ1) is 19.3. The lowest BCUT2D eigenvalue weighted by Crippen LogP contribution is -2.49. The Balaban J connectivity index is 1.73. The minimum atomic E-state index is 0.0811. The number of nitrogens with zero attached hydrogens (tertiary/aromatic N) is 2. The van der Waals surface area contributed by atoms with Gasteiger partial charge in [0.2, 0.25) is 5.91 Å². The van der Waals surface area contributed by atoms with Gasteiger partial charge < -0.3 is 9.47 Å². The van der Waals surface area contributed by atoms with Gasteiger partial charge in [0.05, 0.1) is 26.0 Å². The predicted molar refractivity (Wildman–Crippen MR) is 110 cm³/mol. The number of rotatable bonds is 4. The first-order valence-corrected chi connectivity index (χ1v) is 10.9. The van der Waals surface area contributed by atoms with E-state index in [1.54, 1.807) is 14.2 Å². The highest BCUT2D eigenvalue weighted by Crippen LogP contribution is 2.40. The van der Waals surface area contributed by atoms with Crippen LogP contribution in [0.4, 0.5) is 0 Å². The highest BCUT2D eigenvalue weighted by molar-refractivity contribution is 6.07. The molecule has 1 aromatic carbocycles. The lowest BCUT2D eigenvalue weighted by atomic mass is 9.73. The Morgan fingerprint density at radius 1 is 0.857 bits per heavy atom. The minimum Gasteiger partial charge on any atom is -0.493 e. The van der Waals surface area contributed by atoms with Crippen molar-refractivity contribution >= 4 is 11.6 Å². The van der Waals surface area contributed by atoms with E-state index < -0.39 is 0 Å². The van der Waals surface area contributed by atoms with E-state index in [1.165, 1.54) is 32.1 Å². The molecule has 4 rings (SSSR count). The van der Waals surface area contributed by atoms with Crippen molar-refractivity contribution in [2.45, 2.75) is 70.3 Å². The number of methoxy groups -OCH3 is 2. The normalized spacial score (nSPS) is 26.3. The molecule has 28 heavy (non-hydrogen) atoms. The minimum absolute atomic E-state index is 0.0811. The molecule has 152 valence electrons. The van der Waals surface area contributed by atoms with Crippen molar-refractivity contribution in [2.75, 3.05) is 14.2 Å². The summed E-state index contributed by atoms with van der Waals surface area (Å²) in [6.07, 6.45) is 11.4. The number of amides is 1. The van der Waals surface area contributed by atoms with E-state index in [-0.39, 0.29) is 23.8 Å². The summed E-state index contributed by atoms with van der Waals surface area (Å²) in [7, 11) is 3.31. The Hall–Kier alpha value is -2.04. The van der Waals surface area contributed by atoms with Crippen molar-refractivity contribution in [3.05, 3.63) is 23.8 Å². The summed E-state index contributed by atoms with van der Waals surface area (Å²) >= 11 is 0. The number of ether oxygens (including phenoxy) is 2. The molecular formula is C23H32N2O3. The average molecular weight is 385 g/mol. The van der Waals surface area contributed by atoms with E-state index in [4.69, 9.17) is 14.6 Å². The number of fused-ring (bicyclic) bond motifs is 1. The van der Waals surface area contributed by atoms with E-state index in [1.807, 2.05) is 17.1 Å². The number of hydrogen-bond donors (Lipinski definition) is 0. The van der Waals surface area contributed by atoms with Crippen LogP contribution >= 0.6 is 0 Å². The Morgan fingerprint density at radius 2 is 1.50 bits per heavy atom. The standard InChI is InChI=1S/C23H32N2O3/c1-27-20-14-13-16(15-21(20)28-2)22-18-11-7-8-12-19(18)23(26)25(24-22)17-9-5-3-4-6-10-17/h13-15,17-19H,3-12H2,1-2H3/t18-,19+/m0/s1. The van der Waals surface area contributed by atoms with E-state index in [0.29, 0.717) is 5.75 Å². The molecule has 0 bridgehead atoms. The van der Waals surface area contributed by atoms with Crippen LogP contribution in [0.2, 0.25) is 0 Å². The van der Waals surface area contributed by atoms with E-state index >= 15 is 0 Å². The van der Waals surface area contributed by atoms with Crippen molar-refractivity contribution < 1.29 is 14.3 Å². The van der Waals surface area contributed by atoms with Gasteiger partial charge in [0.25, 0.3) is 0 Å². The number of carbonyl (C=O) groups excluding carboxylic acids is 1. The SMILES string of the molecule is COc1ccc(C2=NN(C3CCCCCC3)C(=O)[C@@H]3CCCC[C@H]23)cc1OC. The molecule has 3 aliphatic rings. The molecule has 0 spiro atoms. The van der Waals surface area contributed by atoms with Crippen molar-refractivity contribution in [3.8, 4) is 11.5 Å². The molecule has 5 nitrogen and oxygen atoms in total. The van der Waals surface area contributed by atoms with Gasteiger partial charge in [-0.3, -0.25) is 4.79 Å². The second-order valence-corrected chi connectivity index (χ2v) is 8.38. The van der Waals surface area contributed by atoms with Crippen LogP contribution < -0.4 is 9.47 Å². The number of hydrazone groups is 1. The molecule has 1 aromatic rings. The Morgan fingerprint density at radius 3 is 2.18 bits per heavy atom. The molecule has 0 unspecified atom stereocenters. The highest BCUT2D eigenvalue weighted by Gasteiger charge is 2.43. The van der Waals surface area contributed by atoms with Crippen molar-refractivity contribution in [2.24, 2.45) is 16.9 Å². The van der Waals surface area contributed by atoms with Gasteiger partial charge in [-0.15, -0.1) is 0 Å². The number of carbonyl (C=O) groups is 1. The van der Waals surface area contributed by atoms with E-state index in [2.05, 4.69) is 6.07 Å². The van der Waals surface area contributed by atoms with Crippen LogP contribution in [-0.4, -0.2) is 36.9 Å². The predicted octanol–water partition coefficient (Wildman–Crippen LogP) is 4.78. The van der Waals surface area contributed by atoms with Crippen molar-refractivity contribution in [1.29, 1.82) is 0 Å². The number of benzene rings is 1. The van der Waals surface area contributed by atoms with Gasteiger partial charge in [-0.05, 0) is 43.9 Å². The van der Waals surface area contributed by atoms with Crippen LogP contribution in [0, 0.1) is 11.8 Å². The van der Waals surface area contributed by atoms with Crippen LogP contribution in [0.1, 0.15) is 69.8 Å². The molecule has 0 saturated heterocycles. The van der Waals surface area contributed by atoms with Gasteiger partial charge in [-0.1, -0.05) is 38.5 Å². The summed E-state index contributed by atoms with van der Waals surface area (Å²) in [5.74, 6) is 2.01. The number of hydrogen-bond acceptors (Lipinski definition) is 4. The fourth-order valence-electron chi connectivity index (χ4n) is 5.19. The molecule has 0 aromatic heterocycles. The third kappa shape index (κ3) is 3.63. The topological polar surface area (TPSA) is 51.1 Å². The summed E-state index contributed by atoms with van der Waals surface area (Å²) in [6, 6.07) is 6.28. The fraction of sp³-hybridized carbons (Fsp3) is 0.652. The van der Waals surface area contributed by atoms with Gasteiger partial charge in [0.1, 0.15) is 0 Å². The summed E-state index contributed by atoms with van der Waals surface area (Å²) in [5.41, 5.74) is 2.12. The van der Waals surface area contributed by atoms with Gasteiger partial charge in [-0.25, -0.2) is 5.01 Å². The summed E-state index contributed by atoms with van der Waals surface area (Å²) < 4.78 is 10.9. The molecule has 2 aliphatic carbocycles. The smallest absolute Gasteiger partial charge is 0.246 e. The van der Waals surface area contributed by atoms with E-state index in [9.17, 15) is 4.79 Å². The Kier molecular flexibility index (Phi) is 5.88. The molecule has 0 N–H and O–H groups in total. The van der Waals surface area contributed by atoms with Gasteiger partial charge in [-0.2, -0.15) is 5.10 Å². The third-order valence-electron chi connectivity index (χ3n) is 6.73. The van der Waals surface area contributed by atoms with Gasteiger partial charge in [0, 0.05) is 17.4 Å². The summed E-state index contributed by atoms with van der Waals surface area (Å²) in [4.78, 5) is 13.3. The lowest BCUT2D eigenvalue weighted by molar-refractivity contribution is -0.141. The quantitative estimate of drug-likeness (QED) is 0.702. The maximum Gasteiger partial charge on any atom is 0.246 e. The van der Waals surface area contributed by atoms with Crippen LogP contribution in [0.25, 0.3) is 0 Å². The van der Waals surface area contributed by atoms with Gasteiger partial charge in [0.15, 0.2) is 11.5 Å². The molecule has 1 heterocycles. The van der Waals surface area contributed by atoms with Crippen LogP contribution in [0.3, 0.4) is 0 Å². The molecular weight excluding hydrogens is 352 g/mol. The Bertz CT molecular complexity index is 737. The Labute approximate surface area is 168 Å². The fourth-order valence-corrected chi connectivity index (χ4v) is 5.19. The maximum atomic E-state index is 13.3. The monoisotopic (exact) mass is 384 g/mol. The van der Waals surface area contributed by atoms with Crippen LogP contribution in [-0.2, 0) is 4.79 Å².